The largest absolute Gasteiger partial charge is 0.387 e. The summed E-state index contributed by atoms with van der Waals surface area (Å²) in [5.41, 5.74) is 2.49. The minimum absolute atomic E-state index is 0.136. The number of hydrogen-bond acceptors (Lipinski definition) is 3. The van der Waals surface area contributed by atoms with E-state index in [-0.39, 0.29) is 5.56 Å². The number of fused-ring (bicyclic) bond motifs is 1. The van der Waals surface area contributed by atoms with Crippen molar-refractivity contribution in [2.45, 2.75) is 12.6 Å². The minimum Gasteiger partial charge on any atom is -0.387 e. The average Bonchev–Trinajstić information content (AvgIpc) is 2.67. The highest BCUT2D eigenvalue weighted by Gasteiger charge is 2.21. The van der Waals surface area contributed by atoms with Crippen molar-refractivity contribution in [2.75, 3.05) is 31.6 Å². The fraction of sp³-hybridized carbons (Fsp3) is 0.333. The zero-order chi connectivity index (χ0) is 16.4. The summed E-state index contributed by atoms with van der Waals surface area (Å²) >= 11 is 0. The van der Waals surface area contributed by atoms with E-state index >= 15 is 0 Å². The molecule has 0 unspecified atom stereocenters. The molecule has 2 aromatic rings. The van der Waals surface area contributed by atoms with E-state index in [9.17, 15) is 13.9 Å². The number of aliphatic hydroxyl groups excluding tert-OH is 1. The zero-order valence-corrected chi connectivity index (χ0v) is 13.0. The molecule has 3 rings (SSSR count). The third kappa shape index (κ3) is 3.51. The summed E-state index contributed by atoms with van der Waals surface area (Å²) < 4.78 is 26.8. The molecule has 0 saturated carbocycles. The zero-order valence-electron chi connectivity index (χ0n) is 13.0. The summed E-state index contributed by atoms with van der Waals surface area (Å²) in [4.78, 5) is 4.27. The third-order valence-corrected chi connectivity index (χ3v) is 4.30. The maximum atomic E-state index is 13.8. The van der Waals surface area contributed by atoms with Crippen molar-refractivity contribution in [1.29, 1.82) is 0 Å². The fourth-order valence-corrected chi connectivity index (χ4v) is 3.02. The van der Waals surface area contributed by atoms with Crippen LogP contribution < -0.4 is 4.90 Å². The SMILES string of the molecule is CN1CCN(C[C@H](O)c2ccc(F)cc2F)Cc2ccccc21. The molecule has 1 heterocycles. The van der Waals surface area contributed by atoms with Gasteiger partial charge in [-0.25, -0.2) is 8.78 Å². The molecule has 1 aliphatic rings. The smallest absolute Gasteiger partial charge is 0.131 e. The second-order valence-corrected chi connectivity index (χ2v) is 5.97. The van der Waals surface area contributed by atoms with Gasteiger partial charge in [0.25, 0.3) is 0 Å². The lowest BCUT2D eigenvalue weighted by molar-refractivity contribution is 0.109. The van der Waals surface area contributed by atoms with E-state index in [4.69, 9.17) is 0 Å². The van der Waals surface area contributed by atoms with E-state index in [1.54, 1.807) is 0 Å². The van der Waals surface area contributed by atoms with E-state index in [0.717, 1.165) is 19.2 Å². The van der Waals surface area contributed by atoms with Gasteiger partial charge in [0, 0.05) is 50.5 Å². The van der Waals surface area contributed by atoms with Crippen molar-refractivity contribution in [3.05, 3.63) is 65.2 Å². The maximum Gasteiger partial charge on any atom is 0.131 e. The Labute approximate surface area is 134 Å². The van der Waals surface area contributed by atoms with Crippen LogP contribution in [0.2, 0.25) is 0 Å². The van der Waals surface area contributed by atoms with Gasteiger partial charge in [0.05, 0.1) is 6.10 Å². The molecule has 0 aromatic heterocycles. The summed E-state index contributed by atoms with van der Waals surface area (Å²) in [7, 11) is 2.04. The van der Waals surface area contributed by atoms with Gasteiger partial charge in [0.2, 0.25) is 0 Å². The number of aliphatic hydroxyl groups is 1. The molecule has 0 saturated heterocycles. The first-order chi connectivity index (χ1) is 11.0. The summed E-state index contributed by atoms with van der Waals surface area (Å²) in [5, 5.41) is 10.3. The van der Waals surface area contributed by atoms with Crippen LogP contribution in [-0.4, -0.2) is 36.7 Å². The lowest BCUT2D eigenvalue weighted by atomic mass is 10.1. The molecule has 0 spiro atoms. The number of hydrogen-bond donors (Lipinski definition) is 1. The maximum absolute atomic E-state index is 13.8. The van der Waals surface area contributed by atoms with Crippen molar-refractivity contribution in [2.24, 2.45) is 0 Å². The van der Waals surface area contributed by atoms with E-state index in [2.05, 4.69) is 21.9 Å². The van der Waals surface area contributed by atoms with Crippen molar-refractivity contribution in [3.8, 4) is 0 Å². The average molecular weight is 318 g/mol. The molecule has 1 N–H and O–H groups in total. The Morgan fingerprint density at radius 3 is 2.70 bits per heavy atom. The van der Waals surface area contributed by atoms with E-state index in [1.165, 1.54) is 23.4 Å². The van der Waals surface area contributed by atoms with Crippen LogP contribution in [0, 0.1) is 11.6 Å². The standard InChI is InChI=1S/C18H20F2N2O/c1-21-8-9-22(11-13-4-2-3-5-17(13)21)12-18(23)15-7-6-14(19)10-16(15)20/h2-7,10,18,23H,8-9,11-12H2,1H3/t18-/m0/s1. The van der Waals surface area contributed by atoms with Crippen molar-refractivity contribution >= 4 is 5.69 Å². The van der Waals surface area contributed by atoms with Gasteiger partial charge in [-0.15, -0.1) is 0 Å². The summed E-state index contributed by atoms with van der Waals surface area (Å²) in [6.07, 6.45) is -0.980. The van der Waals surface area contributed by atoms with E-state index < -0.39 is 17.7 Å². The van der Waals surface area contributed by atoms with Crippen LogP contribution in [0.4, 0.5) is 14.5 Å². The molecule has 122 valence electrons. The van der Waals surface area contributed by atoms with Gasteiger partial charge in [-0.1, -0.05) is 24.3 Å². The fourth-order valence-electron chi connectivity index (χ4n) is 3.02. The highest BCUT2D eigenvalue weighted by molar-refractivity contribution is 5.53. The van der Waals surface area contributed by atoms with Crippen LogP contribution in [0.5, 0.6) is 0 Å². The number of rotatable bonds is 3. The second kappa shape index (κ2) is 6.64. The lowest BCUT2D eigenvalue weighted by Gasteiger charge is -2.24. The molecule has 1 aliphatic heterocycles. The van der Waals surface area contributed by atoms with Crippen LogP contribution in [0.25, 0.3) is 0 Å². The number of anilines is 1. The van der Waals surface area contributed by atoms with Crippen LogP contribution in [0.15, 0.2) is 42.5 Å². The molecule has 0 fully saturated rings. The van der Waals surface area contributed by atoms with Crippen molar-refractivity contribution in [3.63, 3.8) is 0 Å². The predicted octanol–water partition coefficient (Wildman–Crippen LogP) is 2.95. The Morgan fingerprint density at radius 1 is 1.13 bits per heavy atom. The first-order valence-corrected chi connectivity index (χ1v) is 7.69. The minimum atomic E-state index is -0.980. The van der Waals surface area contributed by atoms with Gasteiger partial charge >= 0.3 is 0 Å². The van der Waals surface area contributed by atoms with Gasteiger partial charge in [-0.05, 0) is 17.7 Å². The van der Waals surface area contributed by atoms with Crippen LogP contribution in [0.3, 0.4) is 0 Å². The first-order valence-electron chi connectivity index (χ1n) is 7.69. The molecule has 1 atom stereocenters. The normalized spacial score (nSPS) is 16.8. The van der Waals surface area contributed by atoms with Gasteiger partial charge in [0.15, 0.2) is 0 Å². The Hall–Kier alpha value is -1.98. The molecule has 0 aliphatic carbocycles. The summed E-state index contributed by atoms with van der Waals surface area (Å²) in [6.45, 7) is 2.60. The Morgan fingerprint density at radius 2 is 1.91 bits per heavy atom. The van der Waals surface area contributed by atoms with Gasteiger partial charge < -0.3 is 10.0 Å². The van der Waals surface area contributed by atoms with Gasteiger partial charge in [0.1, 0.15) is 11.6 Å². The molecular weight excluding hydrogens is 298 g/mol. The molecule has 5 heteroatoms. The van der Waals surface area contributed by atoms with E-state index in [0.29, 0.717) is 13.1 Å². The number of para-hydroxylation sites is 1. The number of β-amino-alcohol motifs (C(OH)–C–C–N with tert-alkyl or cyclic N) is 1. The van der Waals surface area contributed by atoms with Gasteiger partial charge in [-0.3, -0.25) is 4.90 Å². The molecule has 2 aromatic carbocycles. The molecule has 0 radical (unpaired) electrons. The third-order valence-electron chi connectivity index (χ3n) is 4.30. The Kier molecular flexibility index (Phi) is 4.59. The monoisotopic (exact) mass is 318 g/mol. The van der Waals surface area contributed by atoms with Crippen LogP contribution >= 0.6 is 0 Å². The molecule has 23 heavy (non-hydrogen) atoms. The summed E-state index contributed by atoms with van der Waals surface area (Å²) in [6, 6.07) is 11.4. The highest BCUT2D eigenvalue weighted by Crippen LogP contribution is 2.25. The number of halogens is 2. The molecule has 0 bridgehead atoms. The predicted molar refractivity (Wildman–Crippen MR) is 86.3 cm³/mol. The second-order valence-electron chi connectivity index (χ2n) is 5.97. The lowest BCUT2D eigenvalue weighted by Crippen LogP contribution is -2.32. The van der Waals surface area contributed by atoms with Gasteiger partial charge in [-0.2, -0.15) is 0 Å². The number of likely N-dealkylation sites (N-methyl/N-ethyl adjacent to an activating group) is 1. The Bertz CT molecular complexity index is 692. The van der Waals surface area contributed by atoms with Crippen molar-refractivity contribution < 1.29 is 13.9 Å². The topological polar surface area (TPSA) is 26.7 Å². The van der Waals surface area contributed by atoms with Crippen molar-refractivity contribution in [1.82, 2.24) is 4.90 Å². The summed E-state index contributed by atoms with van der Waals surface area (Å²) in [5.74, 6) is -1.34. The van der Waals surface area contributed by atoms with Crippen LogP contribution in [-0.2, 0) is 6.54 Å². The number of nitrogens with zero attached hydrogens (tertiary/aromatic N) is 2. The van der Waals surface area contributed by atoms with E-state index in [1.807, 2.05) is 19.2 Å². The highest BCUT2D eigenvalue weighted by atomic mass is 19.1. The quantitative estimate of drug-likeness (QED) is 0.942. The molecular formula is C18H20F2N2O. The first kappa shape index (κ1) is 15.9. The molecule has 3 nitrogen and oxygen atoms in total. The number of benzene rings is 2. The van der Waals surface area contributed by atoms with Crippen LogP contribution in [0.1, 0.15) is 17.2 Å². The Balaban J connectivity index is 1.75. The molecule has 0 amide bonds.